The van der Waals surface area contributed by atoms with Crippen molar-refractivity contribution < 1.29 is 0 Å². The molecular formula is C22H26N4. The van der Waals surface area contributed by atoms with Crippen LogP contribution in [-0.4, -0.2) is 19.9 Å². The first kappa shape index (κ1) is 16.8. The van der Waals surface area contributed by atoms with Gasteiger partial charge in [0.2, 0.25) is 0 Å². The second-order valence-corrected chi connectivity index (χ2v) is 8.87. The van der Waals surface area contributed by atoms with Crippen LogP contribution in [0, 0.1) is 0 Å². The van der Waals surface area contributed by atoms with E-state index in [4.69, 9.17) is 4.98 Å². The van der Waals surface area contributed by atoms with Gasteiger partial charge in [-0.05, 0) is 35.2 Å². The summed E-state index contributed by atoms with van der Waals surface area (Å²) in [6, 6.07) is 10.8. The first-order valence-corrected chi connectivity index (χ1v) is 9.15. The highest BCUT2D eigenvalue weighted by Gasteiger charge is 2.25. The zero-order valence-electron chi connectivity index (χ0n) is 16.1. The van der Waals surface area contributed by atoms with E-state index in [1.54, 1.807) is 0 Å². The Morgan fingerprint density at radius 3 is 2.46 bits per heavy atom. The van der Waals surface area contributed by atoms with Gasteiger partial charge in [-0.25, -0.2) is 4.98 Å². The highest BCUT2D eigenvalue weighted by molar-refractivity contribution is 5.79. The predicted octanol–water partition coefficient (Wildman–Crippen LogP) is 5.26. The summed E-state index contributed by atoms with van der Waals surface area (Å²) in [6.45, 7) is 11.2. The van der Waals surface area contributed by atoms with Crippen molar-refractivity contribution in [2.75, 3.05) is 0 Å². The van der Waals surface area contributed by atoms with Gasteiger partial charge in [0.1, 0.15) is 5.82 Å². The number of hydrogen-bond acceptors (Lipinski definition) is 2. The molecule has 0 spiro atoms. The fourth-order valence-electron chi connectivity index (χ4n) is 3.46. The van der Waals surface area contributed by atoms with Gasteiger partial charge in [-0.15, -0.1) is 0 Å². The molecule has 1 aromatic carbocycles. The van der Waals surface area contributed by atoms with Crippen LogP contribution in [0.4, 0.5) is 0 Å². The minimum absolute atomic E-state index is 0.0558. The molecule has 0 radical (unpaired) electrons. The van der Waals surface area contributed by atoms with Crippen molar-refractivity contribution in [1.82, 2.24) is 19.9 Å². The Kier molecular flexibility index (Phi) is 3.69. The lowest BCUT2D eigenvalue weighted by atomic mass is 9.85. The Morgan fingerprint density at radius 2 is 1.73 bits per heavy atom. The molecule has 0 aliphatic rings. The molecule has 0 aliphatic carbocycles. The Labute approximate surface area is 154 Å². The van der Waals surface area contributed by atoms with Crippen molar-refractivity contribution >= 4 is 21.9 Å². The number of H-pyrrole nitrogens is 2. The molecule has 4 nitrogen and oxygen atoms in total. The summed E-state index contributed by atoms with van der Waals surface area (Å²) in [6.07, 6.45) is 4.55. The number of rotatable bonds is 3. The quantitative estimate of drug-likeness (QED) is 0.532. The van der Waals surface area contributed by atoms with Crippen molar-refractivity contribution in [3.8, 4) is 0 Å². The number of benzene rings is 1. The zero-order chi connectivity index (χ0) is 18.5. The molecule has 4 aromatic rings. The smallest absolute Gasteiger partial charge is 0.108 e. The molecule has 0 aliphatic heterocycles. The van der Waals surface area contributed by atoms with Crippen LogP contribution in [-0.2, 0) is 17.3 Å². The van der Waals surface area contributed by atoms with E-state index in [2.05, 4.69) is 73.8 Å². The summed E-state index contributed by atoms with van der Waals surface area (Å²) in [5, 5.41) is 1.20. The van der Waals surface area contributed by atoms with E-state index in [0.29, 0.717) is 0 Å². The number of imidazole rings is 1. The maximum absolute atomic E-state index is 4.82. The Morgan fingerprint density at radius 1 is 0.923 bits per heavy atom. The molecule has 0 bridgehead atoms. The molecule has 4 rings (SSSR count). The minimum Gasteiger partial charge on any atom is -0.357 e. The third-order valence-corrected chi connectivity index (χ3v) is 5.16. The molecule has 3 aromatic heterocycles. The van der Waals surface area contributed by atoms with E-state index < -0.39 is 0 Å². The normalized spacial score (nSPS) is 13.0. The average Bonchev–Trinajstić information content (AvgIpc) is 3.16. The first-order valence-electron chi connectivity index (χ1n) is 9.15. The summed E-state index contributed by atoms with van der Waals surface area (Å²) in [7, 11) is 0. The van der Waals surface area contributed by atoms with Gasteiger partial charge in [-0.2, -0.15) is 0 Å². The number of hydrogen-bond donors (Lipinski definition) is 2. The molecule has 4 heteroatoms. The zero-order valence-corrected chi connectivity index (χ0v) is 16.1. The van der Waals surface area contributed by atoms with Gasteiger partial charge in [-0.3, -0.25) is 4.98 Å². The number of pyridine rings is 1. The molecular weight excluding hydrogens is 320 g/mol. The topological polar surface area (TPSA) is 57.4 Å². The van der Waals surface area contributed by atoms with E-state index in [9.17, 15) is 0 Å². The fourth-order valence-corrected chi connectivity index (χ4v) is 3.46. The Hall–Kier alpha value is -2.62. The maximum Gasteiger partial charge on any atom is 0.108 e. The van der Waals surface area contributed by atoms with Crippen molar-refractivity contribution in [3.05, 3.63) is 59.8 Å². The highest BCUT2D eigenvalue weighted by Crippen LogP contribution is 2.30. The highest BCUT2D eigenvalue weighted by atomic mass is 14.9. The third-order valence-electron chi connectivity index (χ3n) is 5.16. The van der Waals surface area contributed by atoms with Gasteiger partial charge in [0.25, 0.3) is 0 Å². The minimum atomic E-state index is -0.0558. The van der Waals surface area contributed by atoms with Crippen LogP contribution in [0.1, 0.15) is 51.7 Å². The van der Waals surface area contributed by atoms with Gasteiger partial charge in [-0.1, -0.05) is 40.7 Å². The molecule has 134 valence electrons. The van der Waals surface area contributed by atoms with Crippen molar-refractivity contribution in [2.45, 2.75) is 51.9 Å². The van der Waals surface area contributed by atoms with E-state index in [1.807, 2.05) is 18.5 Å². The molecule has 0 fully saturated rings. The SMILES string of the molecule is CC(C)(C)c1ccc2nc(CC(C)(C)c3cc4ccncc4[nH]3)[nH]c2c1. The standard InChI is InChI=1S/C22H26N4/c1-21(2,3)15-6-7-16-17(11-15)26-20(25-16)12-22(4,5)19-10-14-8-9-23-13-18(14)24-19/h6-11,13,24H,12H2,1-5H3,(H,25,26). The van der Waals surface area contributed by atoms with Gasteiger partial charge >= 0.3 is 0 Å². The van der Waals surface area contributed by atoms with E-state index >= 15 is 0 Å². The summed E-state index contributed by atoms with van der Waals surface area (Å²) in [4.78, 5) is 16.1. The summed E-state index contributed by atoms with van der Waals surface area (Å²) < 4.78 is 0. The summed E-state index contributed by atoms with van der Waals surface area (Å²) in [5.41, 5.74) is 5.83. The van der Waals surface area contributed by atoms with Gasteiger partial charge in [0.05, 0.1) is 22.7 Å². The van der Waals surface area contributed by atoms with Crippen LogP contribution in [0.25, 0.3) is 21.9 Å². The molecule has 0 amide bonds. The lowest BCUT2D eigenvalue weighted by molar-refractivity contribution is 0.498. The maximum atomic E-state index is 4.82. The summed E-state index contributed by atoms with van der Waals surface area (Å²) in [5.74, 6) is 1.02. The molecule has 0 unspecified atom stereocenters. The predicted molar refractivity (Wildman–Crippen MR) is 108 cm³/mol. The van der Waals surface area contributed by atoms with E-state index in [1.165, 1.54) is 16.6 Å². The first-order chi connectivity index (χ1) is 12.2. The largest absolute Gasteiger partial charge is 0.357 e. The van der Waals surface area contributed by atoms with Crippen LogP contribution in [0.5, 0.6) is 0 Å². The molecule has 3 heterocycles. The lowest BCUT2D eigenvalue weighted by Crippen LogP contribution is -2.21. The van der Waals surface area contributed by atoms with Gasteiger partial charge < -0.3 is 9.97 Å². The summed E-state index contributed by atoms with van der Waals surface area (Å²) >= 11 is 0. The second kappa shape index (κ2) is 5.70. The van der Waals surface area contributed by atoms with Crippen molar-refractivity contribution in [1.29, 1.82) is 0 Å². The fraction of sp³-hybridized carbons (Fsp3) is 0.364. The van der Waals surface area contributed by atoms with Crippen LogP contribution in [0.3, 0.4) is 0 Å². The molecule has 26 heavy (non-hydrogen) atoms. The van der Waals surface area contributed by atoms with Crippen LogP contribution < -0.4 is 0 Å². The Balaban J connectivity index is 1.66. The number of aromatic nitrogens is 4. The van der Waals surface area contributed by atoms with Crippen LogP contribution >= 0.6 is 0 Å². The van der Waals surface area contributed by atoms with E-state index in [-0.39, 0.29) is 10.8 Å². The van der Waals surface area contributed by atoms with E-state index in [0.717, 1.165) is 28.8 Å². The van der Waals surface area contributed by atoms with Gasteiger partial charge in [0.15, 0.2) is 0 Å². The molecule has 0 atom stereocenters. The average molecular weight is 346 g/mol. The number of fused-ring (bicyclic) bond motifs is 2. The molecule has 0 saturated carbocycles. The number of aromatic amines is 2. The second-order valence-electron chi connectivity index (χ2n) is 8.87. The number of nitrogens with zero attached hydrogens (tertiary/aromatic N) is 2. The third kappa shape index (κ3) is 3.00. The monoisotopic (exact) mass is 346 g/mol. The molecule has 2 N–H and O–H groups in total. The lowest BCUT2D eigenvalue weighted by Gasteiger charge is -2.22. The van der Waals surface area contributed by atoms with Crippen molar-refractivity contribution in [2.24, 2.45) is 0 Å². The molecule has 0 saturated heterocycles. The Bertz CT molecular complexity index is 1040. The van der Waals surface area contributed by atoms with Crippen LogP contribution in [0.2, 0.25) is 0 Å². The van der Waals surface area contributed by atoms with Crippen LogP contribution in [0.15, 0.2) is 42.7 Å². The van der Waals surface area contributed by atoms with Crippen molar-refractivity contribution in [3.63, 3.8) is 0 Å². The number of nitrogens with one attached hydrogen (secondary N) is 2. The van der Waals surface area contributed by atoms with Gasteiger partial charge in [0, 0.05) is 29.1 Å².